The first-order chi connectivity index (χ1) is 12.7. The van der Waals surface area contributed by atoms with Gasteiger partial charge in [-0.25, -0.2) is 9.78 Å². The zero-order valence-electron chi connectivity index (χ0n) is 16.7. The van der Waals surface area contributed by atoms with E-state index in [0.717, 1.165) is 35.5 Å². The van der Waals surface area contributed by atoms with Crippen molar-refractivity contribution in [3.63, 3.8) is 0 Å². The van der Waals surface area contributed by atoms with Crippen LogP contribution in [0.3, 0.4) is 0 Å². The smallest absolute Gasteiger partial charge is 0.407 e. The third-order valence-corrected chi connectivity index (χ3v) is 4.65. The maximum Gasteiger partial charge on any atom is 0.407 e. The van der Waals surface area contributed by atoms with E-state index in [-0.39, 0.29) is 12.1 Å². The number of nitrogens with zero attached hydrogens (tertiary/aromatic N) is 3. The van der Waals surface area contributed by atoms with Crippen LogP contribution in [-0.2, 0) is 23.1 Å². The molecule has 27 heavy (non-hydrogen) atoms. The second-order valence-corrected chi connectivity index (χ2v) is 7.97. The molecule has 1 fully saturated rings. The van der Waals surface area contributed by atoms with Gasteiger partial charge in [0.15, 0.2) is 0 Å². The Balaban J connectivity index is 1.81. The van der Waals surface area contributed by atoms with Gasteiger partial charge in [0.2, 0.25) is 0 Å². The molecule has 1 aliphatic heterocycles. The molecule has 0 unspecified atom stereocenters. The normalized spacial score (nSPS) is 17.5. The van der Waals surface area contributed by atoms with Crippen LogP contribution in [0.5, 0.6) is 0 Å². The number of rotatable bonds is 4. The van der Waals surface area contributed by atoms with E-state index in [1.54, 1.807) is 7.11 Å². The molecule has 3 N–H and O–H groups in total. The Labute approximate surface area is 159 Å². The molecule has 2 heterocycles. The number of carbonyl (C=O) groups is 1. The number of hydrogen-bond acceptors (Lipinski definition) is 6. The number of methoxy groups -OCH3 is 1. The number of alkyl carbamates (subject to hydrolysis) is 1. The summed E-state index contributed by atoms with van der Waals surface area (Å²) >= 11 is 0. The monoisotopic (exact) mass is 375 g/mol. The molecule has 1 amide bonds. The highest BCUT2D eigenvalue weighted by atomic mass is 16.6. The molecule has 2 aromatic rings. The van der Waals surface area contributed by atoms with Crippen LogP contribution >= 0.6 is 0 Å². The predicted molar refractivity (Wildman–Crippen MR) is 106 cm³/mol. The Morgan fingerprint density at radius 1 is 1.41 bits per heavy atom. The number of aryl methyl sites for hydroxylation is 1. The Morgan fingerprint density at radius 2 is 2.15 bits per heavy atom. The van der Waals surface area contributed by atoms with Gasteiger partial charge in [0.25, 0.3) is 0 Å². The molecule has 0 saturated carbocycles. The van der Waals surface area contributed by atoms with Gasteiger partial charge in [0, 0.05) is 27.2 Å². The molecule has 1 aromatic heterocycles. The number of imidazole rings is 1. The molecule has 1 aromatic carbocycles. The van der Waals surface area contributed by atoms with E-state index in [4.69, 9.17) is 20.2 Å². The first-order valence-corrected chi connectivity index (χ1v) is 9.17. The van der Waals surface area contributed by atoms with E-state index in [1.807, 2.05) is 44.5 Å². The van der Waals surface area contributed by atoms with Crippen molar-refractivity contribution in [1.29, 1.82) is 0 Å². The van der Waals surface area contributed by atoms with Crippen molar-refractivity contribution < 1.29 is 14.3 Å². The SMILES string of the molecule is COCc1nc2c(N3CC[C@H](NC(=O)OC(C)(C)C)C3)c(N)ccc2n1C. The summed E-state index contributed by atoms with van der Waals surface area (Å²) in [4.78, 5) is 19.0. The molecular formula is C19H29N5O3. The quantitative estimate of drug-likeness (QED) is 0.797. The van der Waals surface area contributed by atoms with Crippen LogP contribution in [0.2, 0.25) is 0 Å². The summed E-state index contributed by atoms with van der Waals surface area (Å²) in [6.45, 7) is 7.46. The molecular weight excluding hydrogens is 346 g/mol. The molecule has 148 valence electrons. The van der Waals surface area contributed by atoms with Gasteiger partial charge in [0.1, 0.15) is 23.5 Å². The molecule has 8 nitrogen and oxygen atoms in total. The van der Waals surface area contributed by atoms with Crippen molar-refractivity contribution in [2.24, 2.45) is 7.05 Å². The topological polar surface area (TPSA) is 94.6 Å². The van der Waals surface area contributed by atoms with E-state index in [1.165, 1.54) is 0 Å². The van der Waals surface area contributed by atoms with Crippen LogP contribution < -0.4 is 16.0 Å². The van der Waals surface area contributed by atoms with Crippen LogP contribution in [0, 0.1) is 0 Å². The number of ether oxygens (including phenoxy) is 2. The minimum absolute atomic E-state index is 0.0108. The molecule has 8 heteroatoms. The Bertz CT molecular complexity index is 840. The van der Waals surface area contributed by atoms with E-state index in [2.05, 4.69) is 10.2 Å². The molecule has 1 atom stereocenters. The number of aromatic nitrogens is 2. The van der Waals surface area contributed by atoms with Crippen LogP contribution in [-0.4, -0.2) is 47.5 Å². The number of nitrogens with two attached hydrogens (primary N) is 1. The highest BCUT2D eigenvalue weighted by molar-refractivity contribution is 5.96. The van der Waals surface area contributed by atoms with Gasteiger partial charge < -0.3 is 30.0 Å². The first-order valence-electron chi connectivity index (χ1n) is 9.17. The van der Waals surface area contributed by atoms with Gasteiger partial charge in [-0.2, -0.15) is 0 Å². The van der Waals surface area contributed by atoms with Crippen LogP contribution in [0.25, 0.3) is 11.0 Å². The highest BCUT2D eigenvalue weighted by Crippen LogP contribution is 2.34. The van der Waals surface area contributed by atoms with Gasteiger partial charge in [-0.1, -0.05) is 0 Å². The lowest BCUT2D eigenvalue weighted by atomic mass is 10.2. The fourth-order valence-electron chi connectivity index (χ4n) is 3.45. The molecule has 0 bridgehead atoms. The maximum absolute atomic E-state index is 12.1. The van der Waals surface area contributed by atoms with Gasteiger partial charge in [0.05, 0.1) is 22.9 Å². The Morgan fingerprint density at radius 3 is 2.81 bits per heavy atom. The zero-order valence-corrected chi connectivity index (χ0v) is 16.7. The molecule has 3 rings (SSSR count). The average molecular weight is 375 g/mol. The average Bonchev–Trinajstić information content (AvgIpc) is 3.11. The van der Waals surface area contributed by atoms with E-state index < -0.39 is 5.60 Å². The molecule has 0 spiro atoms. The largest absolute Gasteiger partial charge is 0.444 e. The number of hydrogen-bond donors (Lipinski definition) is 2. The van der Waals surface area contributed by atoms with E-state index in [9.17, 15) is 4.79 Å². The number of nitrogen functional groups attached to an aromatic ring is 1. The lowest BCUT2D eigenvalue weighted by Crippen LogP contribution is -2.40. The zero-order chi connectivity index (χ0) is 19.8. The molecule has 1 saturated heterocycles. The lowest BCUT2D eigenvalue weighted by Gasteiger charge is -2.23. The van der Waals surface area contributed by atoms with Gasteiger partial charge in [-0.3, -0.25) is 0 Å². The van der Waals surface area contributed by atoms with Crippen molar-refractivity contribution in [3.8, 4) is 0 Å². The fraction of sp³-hybridized carbons (Fsp3) is 0.579. The van der Waals surface area contributed by atoms with Crippen molar-refractivity contribution in [2.75, 3.05) is 30.8 Å². The van der Waals surface area contributed by atoms with E-state index >= 15 is 0 Å². The second kappa shape index (κ2) is 7.26. The second-order valence-electron chi connectivity index (χ2n) is 7.97. The summed E-state index contributed by atoms with van der Waals surface area (Å²) in [6.07, 6.45) is 0.438. The predicted octanol–water partition coefficient (Wildman–Crippen LogP) is 2.41. The molecule has 0 aliphatic carbocycles. The molecule has 1 aliphatic rings. The van der Waals surface area contributed by atoms with Crippen molar-refractivity contribution >= 4 is 28.5 Å². The van der Waals surface area contributed by atoms with Crippen molar-refractivity contribution in [3.05, 3.63) is 18.0 Å². The summed E-state index contributed by atoms with van der Waals surface area (Å²) < 4.78 is 12.6. The third kappa shape index (κ3) is 4.10. The minimum atomic E-state index is -0.510. The van der Waals surface area contributed by atoms with Crippen LogP contribution in [0.4, 0.5) is 16.2 Å². The lowest BCUT2D eigenvalue weighted by molar-refractivity contribution is 0.0509. The summed E-state index contributed by atoms with van der Waals surface area (Å²) in [6, 6.07) is 3.90. The Kier molecular flexibility index (Phi) is 5.19. The van der Waals surface area contributed by atoms with Gasteiger partial charge in [-0.15, -0.1) is 0 Å². The standard InChI is InChI=1S/C19H29N5O3/c1-19(2,3)27-18(25)21-12-8-9-24(10-12)17-13(20)6-7-14-16(17)22-15(11-26-5)23(14)4/h6-7,12H,8-11,20H2,1-5H3,(H,21,25)/t12-/m0/s1. The third-order valence-electron chi connectivity index (χ3n) is 4.65. The fourth-order valence-corrected chi connectivity index (χ4v) is 3.45. The molecule has 0 radical (unpaired) electrons. The summed E-state index contributed by atoms with van der Waals surface area (Å²) in [5.74, 6) is 0.849. The van der Waals surface area contributed by atoms with E-state index in [0.29, 0.717) is 18.8 Å². The Hall–Kier alpha value is -2.48. The number of carbonyl (C=O) groups excluding carboxylic acids is 1. The van der Waals surface area contributed by atoms with Crippen molar-refractivity contribution in [1.82, 2.24) is 14.9 Å². The maximum atomic E-state index is 12.1. The van der Waals surface area contributed by atoms with Crippen molar-refractivity contribution in [2.45, 2.75) is 45.4 Å². The number of amides is 1. The number of fused-ring (bicyclic) bond motifs is 1. The first kappa shape index (κ1) is 19.3. The van der Waals surface area contributed by atoms with Crippen LogP contribution in [0.1, 0.15) is 33.0 Å². The summed E-state index contributed by atoms with van der Waals surface area (Å²) in [5.41, 5.74) is 9.26. The number of nitrogens with one attached hydrogen (secondary N) is 1. The van der Waals surface area contributed by atoms with Crippen LogP contribution in [0.15, 0.2) is 12.1 Å². The van der Waals surface area contributed by atoms with Gasteiger partial charge >= 0.3 is 6.09 Å². The summed E-state index contributed by atoms with van der Waals surface area (Å²) in [7, 11) is 3.63. The number of anilines is 2. The minimum Gasteiger partial charge on any atom is -0.444 e. The highest BCUT2D eigenvalue weighted by Gasteiger charge is 2.29. The summed E-state index contributed by atoms with van der Waals surface area (Å²) in [5, 5.41) is 2.95. The van der Waals surface area contributed by atoms with Gasteiger partial charge in [-0.05, 0) is 39.3 Å². The number of benzene rings is 1.